The summed E-state index contributed by atoms with van der Waals surface area (Å²) in [6.07, 6.45) is 25.8. The molecule has 0 aromatic heterocycles. The van der Waals surface area contributed by atoms with Crippen LogP contribution in [0.1, 0.15) is 136 Å². The molecule has 0 saturated heterocycles. The third kappa shape index (κ3) is 17.5. The Balaban J connectivity index is 0. The minimum Gasteiger partial charge on any atom is -0.147 e. The highest BCUT2D eigenvalue weighted by Gasteiger charge is 2.22. The first kappa shape index (κ1) is 26.9. The maximum Gasteiger partial charge on any atom is -0.0150 e. The lowest BCUT2D eigenvalue weighted by molar-refractivity contribution is 0.404. The van der Waals surface area contributed by atoms with E-state index in [2.05, 4.69) is 30.0 Å². The molecule has 0 radical (unpaired) electrons. The van der Waals surface area contributed by atoms with Crippen LogP contribution in [0.5, 0.6) is 0 Å². The van der Waals surface area contributed by atoms with Gasteiger partial charge in [-0.2, -0.15) is 0 Å². The molecule has 1 unspecified atom stereocenters. The molecule has 0 aromatic carbocycles. The van der Waals surface area contributed by atoms with Gasteiger partial charge in [0.2, 0.25) is 0 Å². The molecule has 0 heterocycles. The minimum absolute atomic E-state index is 0. The molecule has 0 bridgehead atoms. The number of hydrogen-bond donors (Lipinski definition) is 0. The van der Waals surface area contributed by atoms with E-state index in [-0.39, 0.29) is 12.4 Å². The van der Waals surface area contributed by atoms with Gasteiger partial charge in [0.05, 0.1) is 0 Å². The molecule has 0 amide bonds. The zero-order valence-corrected chi connectivity index (χ0v) is 19.2. The molecule has 148 valence electrons. The maximum atomic E-state index is 3.31. The van der Waals surface area contributed by atoms with Crippen molar-refractivity contribution in [2.24, 2.45) is 0 Å². The Bertz CT molecular complexity index is 194. The van der Waals surface area contributed by atoms with Crippen LogP contribution in [0.3, 0.4) is 0 Å². The van der Waals surface area contributed by atoms with Gasteiger partial charge in [-0.05, 0) is 24.4 Å². The smallest absolute Gasteiger partial charge is 0.0150 e. The third-order valence-corrected chi connectivity index (χ3v) is 6.20. The number of rotatable bonds is 18. The second-order valence-corrected chi connectivity index (χ2v) is 9.08. The molecule has 24 heavy (non-hydrogen) atoms. The fraction of sp³-hybridized carbons (Fsp3) is 1.00. The molecule has 0 nitrogen and oxygen atoms in total. The van der Waals surface area contributed by atoms with E-state index in [4.69, 9.17) is 0 Å². The molecule has 0 fully saturated rings. The quantitative estimate of drug-likeness (QED) is 0.165. The summed E-state index contributed by atoms with van der Waals surface area (Å²) >= 11 is 0. The molecule has 0 N–H and O–H groups in total. The van der Waals surface area contributed by atoms with E-state index >= 15 is 0 Å². The van der Waals surface area contributed by atoms with Gasteiger partial charge in [-0.15, -0.1) is 21.6 Å². The van der Waals surface area contributed by atoms with E-state index in [1.165, 1.54) is 116 Å². The average Bonchev–Trinajstić information content (AvgIpc) is 2.54. The Morgan fingerprint density at radius 3 is 0.958 bits per heavy atom. The first-order chi connectivity index (χ1) is 11.2. The Kier molecular flexibility index (Phi) is 22.5. The molecule has 0 aromatic rings. The van der Waals surface area contributed by atoms with Crippen molar-refractivity contribution in [2.75, 3.05) is 0 Å². The predicted octanol–water partition coefficient (Wildman–Crippen LogP) is 9.10. The van der Waals surface area contributed by atoms with Crippen molar-refractivity contribution in [1.29, 1.82) is 0 Å². The maximum absolute atomic E-state index is 3.31. The van der Waals surface area contributed by atoms with Crippen LogP contribution in [0.25, 0.3) is 0 Å². The van der Waals surface area contributed by atoms with Gasteiger partial charge in [0.15, 0.2) is 0 Å². The fourth-order valence-electron chi connectivity index (χ4n) is 3.62. The molecule has 0 spiro atoms. The topological polar surface area (TPSA) is 0 Å². The Morgan fingerprint density at radius 1 is 0.458 bits per heavy atom. The minimum atomic E-state index is 0. The van der Waals surface area contributed by atoms with Crippen molar-refractivity contribution in [3.8, 4) is 0 Å². The molecule has 1 atom stereocenters. The van der Waals surface area contributed by atoms with Gasteiger partial charge in [-0.25, -0.2) is 0 Å². The summed E-state index contributed by atoms with van der Waals surface area (Å²) in [7, 11) is 3.31. The molecule has 2 heteroatoms. The van der Waals surface area contributed by atoms with Crippen molar-refractivity contribution < 1.29 is 0 Å². The van der Waals surface area contributed by atoms with Crippen molar-refractivity contribution in [2.45, 2.75) is 142 Å². The first-order valence-corrected chi connectivity index (χ1v) is 11.5. The van der Waals surface area contributed by atoms with Gasteiger partial charge < -0.3 is 0 Å². The predicted molar refractivity (Wildman–Crippen MR) is 120 cm³/mol. The highest BCUT2D eigenvalue weighted by atomic mass is 35.5. The lowest BCUT2D eigenvalue weighted by Gasteiger charge is -2.30. The third-order valence-electron chi connectivity index (χ3n) is 5.33. The molecule has 0 aliphatic heterocycles. The summed E-state index contributed by atoms with van der Waals surface area (Å²) in [5.41, 5.74) is 0. The summed E-state index contributed by atoms with van der Waals surface area (Å²) in [6, 6.07) is 0. The molecule has 0 saturated carbocycles. The van der Waals surface area contributed by atoms with E-state index < -0.39 is 0 Å². The highest BCUT2D eigenvalue weighted by Crippen LogP contribution is 2.37. The van der Waals surface area contributed by atoms with Crippen LogP contribution in [0, 0.1) is 0 Å². The lowest BCUT2D eigenvalue weighted by Crippen LogP contribution is -2.20. The van der Waals surface area contributed by atoms with Crippen molar-refractivity contribution in [3.63, 3.8) is 0 Å². The fourth-order valence-corrected chi connectivity index (χ4v) is 4.23. The second kappa shape index (κ2) is 20.0. The summed E-state index contributed by atoms with van der Waals surface area (Å²) in [4.78, 5) is 0. The SMILES string of the molecule is CCCCCCCC(P)(CCCCCCC)CCCCCCC.Cl. The van der Waals surface area contributed by atoms with Crippen LogP contribution in [-0.2, 0) is 0 Å². The second-order valence-electron chi connectivity index (χ2n) is 7.86. The average molecular weight is 379 g/mol. The number of halogens is 1. The molecular formula is C22H48ClP. The van der Waals surface area contributed by atoms with Crippen molar-refractivity contribution >= 4 is 21.6 Å². The Morgan fingerprint density at radius 2 is 0.708 bits per heavy atom. The lowest BCUT2D eigenvalue weighted by atomic mass is 9.88. The zero-order chi connectivity index (χ0) is 17.2. The molecular weight excluding hydrogens is 331 g/mol. The van der Waals surface area contributed by atoms with Gasteiger partial charge in [-0.1, -0.05) is 117 Å². The van der Waals surface area contributed by atoms with Crippen LogP contribution in [0.4, 0.5) is 0 Å². The van der Waals surface area contributed by atoms with Gasteiger partial charge in [-0.3, -0.25) is 0 Å². The van der Waals surface area contributed by atoms with Crippen LogP contribution < -0.4 is 0 Å². The van der Waals surface area contributed by atoms with Crippen LogP contribution in [0.2, 0.25) is 0 Å². The summed E-state index contributed by atoms with van der Waals surface area (Å²) < 4.78 is 0. The van der Waals surface area contributed by atoms with Crippen molar-refractivity contribution in [3.05, 3.63) is 0 Å². The van der Waals surface area contributed by atoms with E-state index in [1.54, 1.807) is 0 Å². The van der Waals surface area contributed by atoms with Crippen molar-refractivity contribution in [1.82, 2.24) is 0 Å². The Hall–Kier alpha value is 0.720. The number of hydrogen-bond acceptors (Lipinski definition) is 0. The van der Waals surface area contributed by atoms with E-state index in [0.29, 0.717) is 5.16 Å². The van der Waals surface area contributed by atoms with Gasteiger partial charge in [0.1, 0.15) is 0 Å². The molecule has 0 aliphatic carbocycles. The normalized spacial score (nSPS) is 11.5. The molecule has 0 aliphatic rings. The van der Waals surface area contributed by atoms with E-state index in [1.807, 2.05) is 0 Å². The Labute approximate surface area is 163 Å². The van der Waals surface area contributed by atoms with Crippen LogP contribution in [0.15, 0.2) is 0 Å². The summed E-state index contributed by atoms with van der Waals surface area (Å²) in [5, 5.41) is 0.560. The van der Waals surface area contributed by atoms with Crippen LogP contribution in [-0.4, -0.2) is 5.16 Å². The first-order valence-electron chi connectivity index (χ1n) is 11.0. The summed E-state index contributed by atoms with van der Waals surface area (Å²) in [6.45, 7) is 6.94. The van der Waals surface area contributed by atoms with Crippen LogP contribution >= 0.6 is 21.6 Å². The van der Waals surface area contributed by atoms with Gasteiger partial charge in [0.25, 0.3) is 0 Å². The van der Waals surface area contributed by atoms with E-state index in [9.17, 15) is 0 Å². The molecule has 0 rings (SSSR count). The monoisotopic (exact) mass is 378 g/mol. The number of unbranched alkanes of at least 4 members (excludes halogenated alkanes) is 12. The van der Waals surface area contributed by atoms with E-state index in [0.717, 1.165) is 0 Å². The largest absolute Gasteiger partial charge is 0.147 e. The summed E-state index contributed by atoms with van der Waals surface area (Å²) in [5.74, 6) is 0. The van der Waals surface area contributed by atoms with Gasteiger partial charge >= 0.3 is 0 Å². The zero-order valence-electron chi connectivity index (χ0n) is 17.2. The highest BCUT2D eigenvalue weighted by molar-refractivity contribution is 7.19. The standard InChI is InChI=1S/C22H47P.ClH/c1-4-7-10-13-16-19-22(23,20-17-14-11-8-5-2)21-18-15-12-9-6-3;/h4-21,23H2,1-3H3;1H. The van der Waals surface area contributed by atoms with Gasteiger partial charge in [0, 0.05) is 0 Å².